The van der Waals surface area contributed by atoms with Gasteiger partial charge < -0.3 is 14.9 Å². The molecule has 6 heteroatoms. The van der Waals surface area contributed by atoms with Gasteiger partial charge >= 0.3 is 0 Å². The minimum Gasteiger partial charge on any atom is -0.396 e. The predicted molar refractivity (Wildman–Crippen MR) is 96.6 cm³/mol. The van der Waals surface area contributed by atoms with Crippen molar-refractivity contribution < 1.29 is 9.90 Å². The molecule has 5 nitrogen and oxygen atoms in total. The molecule has 0 aliphatic carbocycles. The van der Waals surface area contributed by atoms with E-state index in [0.717, 1.165) is 5.56 Å². The SMILES string of the molecule is CN(C)c1cc(C(=O)N(C)C(CCO)c2ccccc2)cc(Cl)n1. The summed E-state index contributed by atoms with van der Waals surface area (Å²) in [7, 11) is 5.42. The van der Waals surface area contributed by atoms with Crippen molar-refractivity contribution in [3.8, 4) is 0 Å². The van der Waals surface area contributed by atoms with Crippen LogP contribution in [0.15, 0.2) is 42.5 Å². The highest BCUT2D eigenvalue weighted by Crippen LogP contribution is 2.26. The van der Waals surface area contributed by atoms with Crippen LogP contribution in [0.3, 0.4) is 0 Å². The molecule has 1 atom stereocenters. The van der Waals surface area contributed by atoms with Crippen molar-refractivity contribution in [3.05, 3.63) is 58.7 Å². The Labute approximate surface area is 147 Å². The first kappa shape index (κ1) is 18.2. The maximum Gasteiger partial charge on any atom is 0.254 e. The average Bonchev–Trinajstić information content (AvgIpc) is 2.58. The number of rotatable bonds is 6. The van der Waals surface area contributed by atoms with Crippen LogP contribution in [0.4, 0.5) is 5.82 Å². The Balaban J connectivity index is 2.33. The molecule has 2 rings (SSSR count). The molecule has 0 spiro atoms. The van der Waals surface area contributed by atoms with Crippen LogP contribution >= 0.6 is 11.6 Å². The van der Waals surface area contributed by atoms with Crippen molar-refractivity contribution in [2.45, 2.75) is 12.5 Å². The summed E-state index contributed by atoms with van der Waals surface area (Å²) >= 11 is 6.05. The number of carbonyl (C=O) groups excluding carboxylic acids is 1. The summed E-state index contributed by atoms with van der Waals surface area (Å²) in [5.74, 6) is 0.461. The second-order valence-electron chi connectivity index (χ2n) is 5.79. The molecule has 0 fully saturated rings. The lowest BCUT2D eigenvalue weighted by Gasteiger charge is -2.28. The van der Waals surface area contributed by atoms with Crippen LogP contribution in [0.2, 0.25) is 5.15 Å². The summed E-state index contributed by atoms with van der Waals surface area (Å²) in [5, 5.41) is 9.66. The summed E-state index contributed by atoms with van der Waals surface area (Å²) < 4.78 is 0. The molecule has 0 saturated heterocycles. The van der Waals surface area contributed by atoms with Gasteiger partial charge in [0.2, 0.25) is 0 Å². The fourth-order valence-corrected chi connectivity index (χ4v) is 2.77. The number of pyridine rings is 1. The average molecular weight is 348 g/mol. The molecule has 128 valence electrons. The van der Waals surface area contributed by atoms with E-state index in [2.05, 4.69) is 4.98 Å². The largest absolute Gasteiger partial charge is 0.396 e. The van der Waals surface area contributed by atoms with E-state index >= 15 is 0 Å². The number of carbonyl (C=O) groups is 1. The van der Waals surface area contributed by atoms with Crippen LogP contribution in [0.5, 0.6) is 0 Å². The van der Waals surface area contributed by atoms with E-state index in [9.17, 15) is 9.90 Å². The highest BCUT2D eigenvalue weighted by atomic mass is 35.5. The Bertz CT molecular complexity index is 692. The van der Waals surface area contributed by atoms with Crippen LogP contribution in [0.1, 0.15) is 28.4 Å². The normalized spacial score (nSPS) is 11.9. The second-order valence-corrected chi connectivity index (χ2v) is 6.17. The number of benzene rings is 1. The molecule has 1 amide bonds. The molecule has 1 heterocycles. The van der Waals surface area contributed by atoms with Gasteiger partial charge in [-0.3, -0.25) is 4.79 Å². The van der Waals surface area contributed by atoms with Crippen molar-refractivity contribution in [3.63, 3.8) is 0 Å². The lowest BCUT2D eigenvalue weighted by molar-refractivity contribution is 0.0705. The van der Waals surface area contributed by atoms with E-state index in [1.165, 1.54) is 0 Å². The van der Waals surface area contributed by atoms with Gasteiger partial charge in [-0.05, 0) is 24.1 Å². The van der Waals surface area contributed by atoms with Gasteiger partial charge in [-0.15, -0.1) is 0 Å². The Morgan fingerprint density at radius 3 is 2.46 bits per heavy atom. The van der Waals surface area contributed by atoms with Crippen LogP contribution in [0.25, 0.3) is 0 Å². The molecule has 1 N–H and O–H groups in total. The maximum absolute atomic E-state index is 12.9. The van der Waals surface area contributed by atoms with Gasteiger partial charge in [0.25, 0.3) is 5.91 Å². The van der Waals surface area contributed by atoms with E-state index < -0.39 is 0 Å². The molecule has 1 aromatic heterocycles. The maximum atomic E-state index is 12.9. The summed E-state index contributed by atoms with van der Waals surface area (Å²) in [6.45, 7) is -0.00275. The van der Waals surface area contributed by atoms with Crippen molar-refractivity contribution in [1.82, 2.24) is 9.88 Å². The smallest absolute Gasteiger partial charge is 0.254 e. The molecule has 0 radical (unpaired) electrons. The molecule has 1 aromatic carbocycles. The minimum atomic E-state index is -0.210. The van der Waals surface area contributed by atoms with Crippen molar-refractivity contribution >= 4 is 23.3 Å². The number of anilines is 1. The first-order chi connectivity index (χ1) is 11.4. The highest BCUT2D eigenvalue weighted by molar-refractivity contribution is 6.29. The number of aliphatic hydroxyl groups is 1. The standard InChI is InChI=1S/C18H22ClN3O2/c1-21(2)17-12-14(11-16(19)20-17)18(24)22(3)15(9-10-23)13-7-5-4-6-8-13/h4-8,11-12,15,23H,9-10H2,1-3H3. The third-order valence-corrected chi connectivity index (χ3v) is 4.05. The van der Waals surface area contributed by atoms with Crippen LogP contribution in [-0.4, -0.2) is 48.6 Å². The van der Waals surface area contributed by atoms with Gasteiger partial charge in [0, 0.05) is 33.3 Å². The van der Waals surface area contributed by atoms with Crippen molar-refractivity contribution in [1.29, 1.82) is 0 Å². The van der Waals surface area contributed by atoms with E-state index in [0.29, 0.717) is 17.8 Å². The predicted octanol–water partition coefficient (Wildman–Crippen LogP) is 3.00. The Morgan fingerprint density at radius 2 is 1.88 bits per heavy atom. The summed E-state index contributed by atoms with van der Waals surface area (Å²) in [4.78, 5) is 20.5. The van der Waals surface area contributed by atoms with Gasteiger partial charge in [0.1, 0.15) is 11.0 Å². The second kappa shape index (κ2) is 8.13. The fourth-order valence-electron chi connectivity index (χ4n) is 2.56. The molecule has 0 aliphatic heterocycles. The van der Waals surface area contributed by atoms with Crippen molar-refractivity contribution in [2.75, 3.05) is 32.6 Å². The van der Waals surface area contributed by atoms with Gasteiger partial charge in [-0.25, -0.2) is 4.98 Å². The zero-order valence-corrected chi connectivity index (χ0v) is 14.9. The third-order valence-electron chi connectivity index (χ3n) is 3.86. The lowest BCUT2D eigenvalue weighted by atomic mass is 10.0. The number of nitrogens with zero attached hydrogens (tertiary/aromatic N) is 3. The summed E-state index contributed by atoms with van der Waals surface area (Å²) in [6.07, 6.45) is 0.464. The van der Waals surface area contributed by atoms with Crippen LogP contribution in [-0.2, 0) is 0 Å². The first-order valence-electron chi connectivity index (χ1n) is 7.72. The molecule has 0 aliphatic rings. The van der Waals surface area contributed by atoms with Gasteiger partial charge in [-0.1, -0.05) is 41.9 Å². The third kappa shape index (κ3) is 4.24. The molecule has 0 saturated carbocycles. The Morgan fingerprint density at radius 1 is 1.21 bits per heavy atom. The first-order valence-corrected chi connectivity index (χ1v) is 8.09. The molecule has 1 unspecified atom stereocenters. The van der Waals surface area contributed by atoms with Gasteiger partial charge in [0.05, 0.1) is 6.04 Å². The number of hydrogen-bond acceptors (Lipinski definition) is 4. The summed E-state index contributed by atoms with van der Waals surface area (Å²) in [6, 6.07) is 12.7. The number of halogens is 1. The minimum absolute atomic E-state index is 0.00275. The van der Waals surface area contributed by atoms with E-state index in [1.807, 2.05) is 44.4 Å². The monoisotopic (exact) mass is 347 g/mol. The number of amides is 1. The van der Waals surface area contributed by atoms with Crippen LogP contribution < -0.4 is 4.90 Å². The molecular formula is C18H22ClN3O2. The highest BCUT2D eigenvalue weighted by Gasteiger charge is 2.23. The summed E-state index contributed by atoms with van der Waals surface area (Å²) in [5.41, 5.74) is 1.45. The van der Waals surface area contributed by atoms with Gasteiger partial charge in [0.15, 0.2) is 0 Å². The zero-order chi connectivity index (χ0) is 17.7. The van der Waals surface area contributed by atoms with Gasteiger partial charge in [-0.2, -0.15) is 0 Å². The zero-order valence-electron chi connectivity index (χ0n) is 14.1. The molecular weight excluding hydrogens is 326 g/mol. The lowest BCUT2D eigenvalue weighted by Crippen LogP contribution is -2.32. The van der Waals surface area contributed by atoms with E-state index in [4.69, 9.17) is 11.6 Å². The van der Waals surface area contributed by atoms with E-state index in [1.54, 1.807) is 29.0 Å². The quantitative estimate of drug-likeness (QED) is 0.816. The Kier molecular flexibility index (Phi) is 6.17. The number of aliphatic hydroxyl groups excluding tert-OH is 1. The van der Waals surface area contributed by atoms with Crippen molar-refractivity contribution in [2.24, 2.45) is 0 Å². The number of hydrogen-bond donors (Lipinski definition) is 1. The Hall–Kier alpha value is -2.11. The molecule has 2 aromatic rings. The number of aromatic nitrogens is 1. The molecule has 24 heavy (non-hydrogen) atoms. The fraction of sp³-hybridized carbons (Fsp3) is 0.333. The van der Waals surface area contributed by atoms with Crippen LogP contribution in [0, 0.1) is 0 Å². The van der Waals surface area contributed by atoms with E-state index in [-0.39, 0.29) is 23.7 Å². The topological polar surface area (TPSA) is 56.7 Å². The molecule has 0 bridgehead atoms.